The number of amides is 9. The number of carbonyl (C=O) groups is 7. The zero-order valence-corrected chi connectivity index (χ0v) is 45.8. The third-order valence-electron chi connectivity index (χ3n) is 14.2. The highest BCUT2D eigenvalue weighted by Gasteiger charge is 2.52. The van der Waals surface area contributed by atoms with Gasteiger partial charge in [0.1, 0.15) is 17.3 Å². The van der Waals surface area contributed by atoms with Gasteiger partial charge in [-0.3, -0.25) is 28.9 Å². The van der Waals surface area contributed by atoms with Gasteiger partial charge >= 0.3 is 12.1 Å². The second kappa shape index (κ2) is 30.4. The molecular formula is C54H75N11O11S2. The molecule has 0 aliphatic carbocycles. The molecule has 7 heterocycles. The van der Waals surface area contributed by atoms with Crippen molar-refractivity contribution < 1.29 is 52.5 Å². The molecule has 6 aliphatic heterocycles. The van der Waals surface area contributed by atoms with Crippen LogP contribution in [0.25, 0.3) is 0 Å². The van der Waals surface area contributed by atoms with Gasteiger partial charge < -0.3 is 66.4 Å². The lowest BCUT2D eigenvalue weighted by Crippen LogP contribution is -2.62. The quantitative estimate of drug-likeness (QED) is 0.0306. The number of nitrogens with zero attached hydrogens (tertiary/aromatic N) is 3. The molecule has 7 atom stereocenters. The van der Waals surface area contributed by atoms with Crippen LogP contribution in [-0.4, -0.2) is 171 Å². The van der Waals surface area contributed by atoms with Crippen LogP contribution in [0.4, 0.5) is 15.4 Å². The molecule has 424 valence electrons. The Bertz CT molecular complexity index is 2420. The number of rotatable bonds is 31. The second-order valence-corrected chi connectivity index (χ2v) is 22.4. The number of hydrogen-bond donors (Lipinski definition) is 8. The highest BCUT2D eigenvalue weighted by atomic mass is 32.2. The van der Waals surface area contributed by atoms with Crippen molar-refractivity contribution in [2.75, 3.05) is 89.6 Å². The number of benzene rings is 1. The van der Waals surface area contributed by atoms with E-state index in [1.807, 2.05) is 42.1 Å². The van der Waals surface area contributed by atoms with Gasteiger partial charge in [0.05, 0.1) is 61.0 Å². The van der Waals surface area contributed by atoms with E-state index >= 15 is 0 Å². The average molecular weight is 1120 g/mol. The molecule has 0 bridgehead atoms. The maximum atomic E-state index is 13.9. The number of thioether (sulfide) groups is 2. The Morgan fingerprint density at radius 3 is 2.23 bits per heavy atom. The third-order valence-corrected chi connectivity index (χ3v) is 17.1. The van der Waals surface area contributed by atoms with Gasteiger partial charge in [0.25, 0.3) is 5.91 Å². The molecule has 2 aromatic rings. The van der Waals surface area contributed by atoms with Crippen molar-refractivity contribution in [2.45, 2.75) is 112 Å². The van der Waals surface area contributed by atoms with Gasteiger partial charge in [0.2, 0.25) is 23.6 Å². The zero-order valence-electron chi connectivity index (χ0n) is 44.1. The fraction of sp³-hybridized carbons (Fsp3) is 0.593. The molecule has 0 radical (unpaired) electrons. The number of hydrogen-bond acceptors (Lipinski definition) is 15. The first-order chi connectivity index (χ1) is 38.1. The number of urea groups is 2. The van der Waals surface area contributed by atoms with Crippen LogP contribution in [-0.2, 0) is 38.2 Å². The topological polar surface area (TPSA) is 272 Å². The minimum Gasteiger partial charge on any atom is -0.456 e. The number of piperidine rings is 2. The second-order valence-electron chi connectivity index (χ2n) is 20.0. The first kappa shape index (κ1) is 58.2. The summed E-state index contributed by atoms with van der Waals surface area (Å²) in [6, 6.07) is 12.5. The van der Waals surface area contributed by atoms with Crippen LogP contribution in [0.1, 0.15) is 77.0 Å². The Morgan fingerprint density at radius 1 is 0.782 bits per heavy atom. The molecule has 1 aromatic carbocycles. The van der Waals surface area contributed by atoms with Crippen LogP contribution < -0.4 is 52.2 Å². The van der Waals surface area contributed by atoms with Crippen molar-refractivity contribution in [3.05, 3.63) is 71.4 Å². The number of fused-ring (bicyclic) bond motifs is 1. The minimum absolute atomic E-state index is 0.0541. The van der Waals surface area contributed by atoms with Crippen molar-refractivity contribution >= 4 is 70.9 Å². The highest BCUT2D eigenvalue weighted by Crippen LogP contribution is 2.48. The number of anilines is 1. The van der Waals surface area contributed by atoms with E-state index in [9.17, 15) is 33.6 Å². The SMILES string of the molecule is O=C(CCCC(=O)NCCCOCCOCCOCCCNC(=O)CCCC[C@H]1SC[C@H]2NC(=O)N[C@H]21)NC/C=C/C(=O)N1CCCC(NC(=O)C2=C3NC(=O)N(c4ccc(Oc5ccccc5)cn4)C4CCNC(S2)C34)C1. The molecule has 6 aliphatic rings. The van der Waals surface area contributed by atoms with Gasteiger partial charge in [-0.2, -0.15) is 11.8 Å². The molecular weight excluding hydrogens is 1040 g/mol. The Hall–Kier alpha value is -5.92. The van der Waals surface area contributed by atoms with Gasteiger partial charge in [0.15, 0.2) is 0 Å². The van der Waals surface area contributed by atoms with Crippen LogP contribution in [0, 0.1) is 5.92 Å². The molecule has 5 saturated heterocycles. The number of likely N-dealkylation sites (tertiary alicyclic amines) is 1. The Balaban J connectivity index is 0.601. The molecule has 24 heteroatoms. The molecule has 9 amide bonds. The van der Waals surface area contributed by atoms with E-state index in [0.29, 0.717) is 144 Å². The van der Waals surface area contributed by atoms with E-state index in [1.165, 1.54) is 17.8 Å². The largest absolute Gasteiger partial charge is 0.456 e. The van der Waals surface area contributed by atoms with Crippen molar-refractivity contribution in [1.82, 2.24) is 52.4 Å². The van der Waals surface area contributed by atoms with E-state index in [-0.39, 0.29) is 96.4 Å². The number of aromatic nitrogens is 1. The van der Waals surface area contributed by atoms with E-state index in [2.05, 4.69) is 47.5 Å². The van der Waals surface area contributed by atoms with E-state index in [4.69, 9.17) is 18.9 Å². The molecule has 4 unspecified atom stereocenters. The van der Waals surface area contributed by atoms with E-state index < -0.39 is 0 Å². The standard InChI is InChI=1S/C54H75N11O11S2/c66-43(15-5-4-14-41-48-39(35-77-41)61-53(71)62-48)56-23-9-27-73-29-31-75-32-30-74-28-10-24-57-45(68)17-6-16-44(67)55-22-7-18-46(69)64-26-8-11-36(34-64)60-51(70)50-49-47-40(21-25-58-52(47)78-50)65(54(72)63-49)42-20-19-38(33-59-42)76-37-12-2-1-3-13-37/h1-3,7,12-13,18-20,33,36,39-41,47-48,52,58H,4-6,8-11,14-17,21-32,34-35H2,(H,55,67)(H,56,66)(H,57,68)(H,60,70)(H,63,72)(H2,61,62,71)/b18-7+/t36?,39-,40?,41-,47?,48-,52?/m1/s1. The first-order valence-electron chi connectivity index (χ1n) is 27.5. The monoisotopic (exact) mass is 1120 g/mol. The van der Waals surface area contributed by atoms with Crippen molar-refractivity contribution in [3.8, 4) is 11.5 Å². The third kappa shape index (κ3) is 17.3. The van der Waals surface area contributed by atoms with Crippen LogP contribution >= 0.6 is 23.5 Å². The van der Waals surface area contributed by atoms with Gasteiger partial charge in [-0.1, -0.05) is 42.5 Å². The van der Waals surface area contributed by atoms with Gasteiger partial charge in [0, 0.05) is 99.9 Å². The summed E-state index contributed by atoms with van der Waals surface area (Å²) in [6.07, 6.45) is 12.2. The summed E-state index contributed by atoms with van der Waals surface area (Å²) in [5.74, 6) is 1.74. The van der Waals surface area contributed by atoms with Gasteiger partial charge in [-0.05, 0) is 82.2 Å². The lowest BCUT2D eigenvalue weighted by molar-refractivity contribution is -0.128. The van der Waals surface area contributed by atoms with Crippen molar-refractivity contribution in [1.29, 1.82) is 0 Å². The number of para-hydroxylation sites is 1. The van der Waals surface area contributed by atoms with Crippen LogP contribution in [0.2, 0.25) is 0 Å². The summed E-state index contributed by atoms with van der Waals surface area (Å²) in [5, 5.41) is 24.5. The zero-order chi connectivity index (χ0) is 54.5. The molecule has 0 spiro atoms. The van der Waals surface area contributed by atoms with Crippen molar-refractivity contribution in [2.24, 2.45) is 5.92 Å². The number of pyridine rings is 1. The predicted octanol–water partition coefficient (Wildman–Crippen LogP) is 3.40. The summed E-state index contributed by atoms with van der Waals surface area (Å²) < 4.78 is 22.6. The molecule has 8 rings (SSSR count). The fourth-order valence-electron chi connectivity index (χ4n) is 10.4. The minimum atomic E-state index is -0.345. The highest BCUT2D eigenvalue weighted by molar-refractivity contribution is 8.04. The summed E-state index contributed by atoms with van der Waals surface area (Å²) in [5.41, 5.74) is 0.614. The van der Waals surface area contributed by atoms with Crippen molar-refractivity contribution in [3.63, 3.8) is 0 Å². The summed E-state index contributed by atoms with van der Waals surface area (Å²) in [6.45, 7) is 5.50. The lowest BCUT2D eigenvalue weighted by Gasteiger charge is -2.45. The molecule has 8 N–H and O–H groups in total. The molecule has 22 nitrogen and oxygen atoms in total. The first-order valence-corrected chi connectivity index (χ1v) is 29.4. The van der Waals surface area contributed by atoms with Crippen LogP contribution in [0.3, 0.4) is 0 Å². The number of carbonyl (C=O) groups excluding carboxylic acids is 7. The number of ether oxygens (including phenoxy) is 4. The van der Waals surface area contributed by atoms with Gasteiger partial charge in [-0.15, -0.1) is 0 Å². The summed E-state index contributed by atoms with van der Waals surface area (Å²) in [4.78, 5) is 97.5. The van der Waals surface area contributed by atoms with E-state index in [1.54, 1.807) is 34.2 Å². The molecule has 78 heavy (non-hydrogen) atoms. The lowest BCUT2D eigenvalue weighted by atomic mass is 9.86. The number of nitrogens with one attached hydrogen (secondary N) is 8. The summed E-state index contributed by atoms with van der Waals surface area (Å²) in [7, 11) is 0. The fourth-order valence-corrected chi connectivity index (χ4v) is 13.3. The Kier molecular flexibility index (Phi) is 22.7. The average Bonchev–Trinajstić information content (AvgIpc) is 4.25. The van der Waals surface area contributed by atoms with Crippen LogP contribution in [0.5, 0.6) is 11.5 Å². The normalized spacial score (nSPS) is 23.3. The predicted molar refractivity (Wildman–Crippen MR) is 295 cm³/mol. The number of unbranched alkanes of at least 4 members (excludes halogenated alkanes) is 1. The Morgan fingerprint density at radius 2 is 1.50 bits per heavy atom. The molecule has 1 aromatic heterocycles. The smallest absolute Gasteiger partial charge is 0.327 e. The maximum Gasteiger partial charge on any atom is 0.327 e. The van der Waals surface area contributed by atoms with Gasteiger partial charge in [-0.25, -0.2) is 14.6 Å². The molecule has 5 fully saturated rings. The maximum absolute atomic E-state index is 13.9. The molecule has 0 saturated carbocycles. The van der Waals surface area contributed by atoms with Crippen LogP contribution in [0.15, 0.2) is 71.4 Å². The summed E-state index contributed by atoms with van der Waals surface area (Å²) >= 11 is 3.31. The Labute approximate surface area is 464 Å². The van der Waals surface area contributed by atoms with E-state index in [0.717, 1.165) is 31.4 Å².